The van der Waals surface area contributed by atoms with E-state index in [1.807, 2.05) is 0 Å². The van der Waals surface area contributed by atoms with Gasteiger partial charge in [-0.3, -0.25) is 4.79 Å². The van der Waals surface area contributed by atoms with Gasteiger partial charge in [-0.1, -0.05) is 0 Å². The highest BCUT2D eigenvalue weighted by molar-refractivity contribution is 6.01. The molecule has 2 aromatic rings. The molecule has 20 heavy (non-hydrogen) atoms. The number of aliphatic hydroxyl groups is 1. The van der Waals surface area contributed by atoms with Gasteiger partial charge in [-0.25, -0.2) is 0 Å². The number of phenols is 1. The fraction of sp³-hybridized carbons (Fsp3) is 0.188. The molecule has 2 N–H and O–H groups in total. The number of rotatable bonds is 4. The fourth-order valence-corrected chi connectivity index (χ4v) is 1.68. The summed E-state index contributed by atoms with van der Waals surface area (Å²) in [5.41, 5.74) is -0.963. The highest BCUT2D eigenvalue weighted by Gasteiger charge is 2.24. The van der Waals surface area contributed by atoms with E-state index in [1.54, 1.807) is 36.4 Å². The van der Waals surface area contributed by atoms with Crippen molar-refractivity contribution in [1.29, 1.82) is 0 Å². The van der Waals surface area contributed by atoms with Gasteiger partial charge in [-0.15, -0.1) is 0 Å². The van der Waals surface area contributed by atoms with Gasteiger partial charge in [0.25, 0.3) is 0 Å². The predicted molar refractivity (Wildman–Crippen MR) is 75.3 cm³/mol. The van der Waals surface area contributed by atoms with Gasteiger partial charge < -0.3 is 14.9 Å². The fourth-order valence-electron chi connectivity index (χ4n) is 1.68. The van der Waals surface area contributed by atoms with E-state index in [-0.39, 0.29) is 11.5 Å². The normalized spacial score (nSPS) is 11.2. The lowest BCUT2D eigenvalue weighted by Crippen LogP contribution is -2.30. The van der Waals surface area contributed by atoms with Crippen molar-refractivity contribution in [2.24, 2.45) is 0 Å². The Bertz CT molecular complexity index is 592. The van der Waals surface area contributed by atoms with Crippen LogP contribution in [0.5, 0.6) is 17.2 Å². The summed E-state index contributed by atoms with van der Waals surface area (Å²) in [4.78, 5) is 11.9. The molecular weight excluding hydrogens is 256 g/mol. The summed E-state index contributed by atoms with van der Waals surface area (Å²) >= 11 is 0. The SMILES string of the molecule is CC(C)(O)C(=O)c1ccc(Oc2ccc(O)cc2)cc1. The molecule has 0 aliphatic rings. The molecule has 0 fully saturated rings. The molecular formula is C16H16O4. The average Bonchev–Trinajstić information content (AvgIpc) is 2.40. The number of ketones is 1. The first-order valence-corrected chi connectivity index (χ1v) is 6.20. The number of hydrogen-bond donors (Lipinski definition) is 2. The second-order valence-electron chi connectivity index (χ2n) is 5.01. The molecule has 0 saturated heterocycles. The third-order valence-electron chi connectivity index (χ3n) is 2.74. The van der Waals surface area contributed by atoms with Crippen LogP contribution in [0.25, 0.3) is 0 Å². The zero-order chi connectivity index (χ0) is 14.8. The molecule has 0 heterocycles. The van der Waals surface area contributed by atoms with E-state index in [0.29, 0.717) is 17.1 Å². The van der Waals surface area contributed by atoms with Gasteiger partial charge in [0.15, 0.2) is 5.78 Å². The molecule has 4 nitrogen and oxygen atoms in total. The first-order chi connectivity index (χ1) is 9.36. The molecule has 0 aliphatic carbocycles. The van der Waals surface area contributed by atoms with Gasteiger partial charge in [-0.2, -0.15) is 0 Å². The standard InChI is InChI=1S/C16H16O4/c1-16(2,19)15(18)11-3-7-13(8-4-11)20-14-9-5-12(17)6-10-14/h3-10,17,19H,1-2H3. The average molecular weight is 272 g/mol. The zero-order valence-corrected chi connectivity index (χ0v) is 11.3. The maximum absolute atomic E-state index is 11.9. The zero-order valence-electron chi connectivity index (χ0n) is 11.3. The first kappa shape index (κ1) is 14.1. The van der Waals surface area contributed by atoms with Crippen molar-refractivity contribution < 1.29 is 19.7 Å². The quantitative estimate of drug-likeness (QED) is 0.839. The molecule has 2 rings (SSSR count). The van der Waals surface area contributed by atoms with E-state index in [2.05, 4.69) is 0 Å². The number of hydrogen-bond acceptors (Lipinski definition) is 4. The van der Waals surface area contributed by atoms with Crippen molar-refractivity contribution in [3.8, 4) is 17.2 Å². The number of Topliss-reactive ketones (excluding diaryl/α,β-unsaturated/α-hetero) is 1. The van der Waals surface area contributed by atoms with Crippen molar-refractivity contribution in [3.63, 3.8) is 0 Å². The second kappa shape index (κ2) is 5.35. The van der Waals surface area contributed by atoms with Crippen LogP contribution in [0.2, 0.25) is 0 Å². The monoisotopic (exact) mass is 272 g/mol. The second-order valence-corrected chi connectivity index (χ2v) is 5.01. The lowest BCUT2D eigenvalue weighted by molar-refractivity contribution is 0.0488. The number of ether oxygens (including phenoxy) is 1. The molecule has 4 heteroatoms. The van der Waals surface area contributed by atoms with E-state index in [4.69, 9.17) is 4.74 Å². The molecule has 104 valence electrons. The van der Waals surface area contributed by atoms with Crippen molar-refractivity contribution in [2.75, 3.05) is 0 Å². The highest BCUT2D eigenvalue weighted by atomic mass is 16.5. The minimum Gasteiger partial charge on any atom is -0.508 e. The first-order valence-electron chi connectivity index (χ1n) is 6.20. The van der Waals surface area contributed by atoms with Crippen molar-refractivity contribution in [3.05, 3.63) is 54.1 Å². The minimum atomic E-state index is -1.39. The van der Waals surface area contributed by atoms with Gasteiger partial charge in [0.1, 0.15) is 22.8 Å². The Hall–Kier alpha value is -2.33. The van der Waals surface area contributed by atoms with E-state index in [1.165, 1.54) is 26.0 Å². The van der Waals surface area contributed by atoms with Crippen LogP contribution in [0.3, 0.4) is 0 Å². The Labute approximate surface area is 117 Å². The Morgan fingerprint density at radius 1 is 0.950 bits per heavy atom. The van der Waals surface area contributed by atoms with Crippen LogP contribution in [-0.2, 0) is 0 Å². The largest absolute Gasteiger partial charge is 0.508 e. The maximum atomic E-state index is 11.9. The molecule has 0 radical (unpaired) electrons. The smallest absolute Gasteiger partial charge is 0.193 e. The third-order valence-corrected chi connectivity index (χ3v) is 2.74. The molecule has 0 amide bonds. The third kappa shape index (κ3) is 3.36. The van der Waals surface area contributed by atoms with Crippen molar-refractivity contribution in [2.45, 2.75) is 19.4 Å². The van der Waals surface area contributed by atoms with Gasteiger partial charge in [0.2, 0.25) is 0 Å². The summed E-state index contributed by atoms with van der Waals surface area (Å²) in [5.74, 6) is 0.990. The van der Waals surface area contributed by atoms with E-state index in [9.17, 15) is 15.0 Å². The van der Waals surface area contributed by atoms with Crippen LogP contribution >= 0.6 is 0 Å². The molecule has 0 saturated carbocycles. The molecule has 0 aliphatic heterocycles. The highest BCUT2D eigenvalue weighted by Crippen LogP contribution is 2.24. The summed E-state index contributed by atoms with van der Waals surface area (Å²) < 4.78 is 5.57. The van der Waals surface area contributed by atoms with Crippen LogP contribution in [0.1, 0.15) is 24.2 Å². The summed E-state index contributed by atoms with van der Waals surface area (Å²) in [6.45, 7) is 2.91. The number of benzene rings is 2. The molecule has 0 spiro atoms. The molecule has 0 aromatic heterocycles. The van der Waals surface area contributed by atoms with Crippen LogP contribution in [0.15, 0.2) is 48.5 Å². The van der Waals surface area contributed by atoms with Crippen molar-refractivity contribution >= 4 is 5.78 Å². The van der Waals surface area contributed by atoms with Gasteiger partial charge in [0, 0.05) is 5.56 Å². The van der Waals surface area contributed by atoms with Crippen LogP contribution in [0.4, 0.5) is 0 Å². The predicted octanol–water partition coefficient (Wildman–Crippen LogP) is 3.14. The Morgan fingerprint density at radius 3 is 1.85 bits per heavy atom. The minimum absolute atomic E-state index is 0.170. The van der Waals surface area contributed by atoms with Crippen LogP contribution < -0.4 is 4.74 Å². The lowest BCUT2D eigenvalue weighted by atomic mass is 9.97. The summed E-state index contributed by atoms with van der Waals surface area (Å²) in [7, 11) is 0. The van der Waals surface area contributed by atoms with Gasteiger partial charge >= 0.3 is 0 Å². The molecule has 0 unspecified atom stereocenters. The number of phenolic OH excluding ortho intramolecular Hbond substituents is 1. The number of carbonyl (C=O) groups is 1. The Kier molecular flexibility index (Phi) is 3.77. The van der Waals surface area contributed by atoms with Gasteiger partial charge in [0.05, 0.1) is 0 Å². The Balaban J connectivity index is 2.12. The summed E-state index contributed by atoms with van der Waals surface area (Å²) in [6, 6.07) is 12.9. The van der Waals surface area contributed by atoms with Crippen LogP contribution in [-0.4, -0.2) is 21.6 Å². The molecule has 0 bridgehead atoms. The summed E-state index contributed by atoms with van der Waals surface area (Å²) in [5, 5.41) is 18.8. The van der Waals surface area contributed by atoms with Crippen molar-refractivity contribution in [1.82, 2.24) is 0 Å². The molecule has 0 atom stereocenters. The summed E-state index contributed by atoms with van der Waals surface area (Å²) in [6.07, 6.45) is 0. The number of carbonyl (C=O) groups excluding carboxylic acids is 1. The van der Waals surface area contributed by atoms with E-state index in [0.717, 1.165) is 0 Å². The number of aromatic hydroxyl groups is 1. The van der Waals surface area contributed by atoms with E-state index < -0.39 is 5.60 Å². The maximum Gasteiger partial charge on any atom is 0.193 e. The van der Waals surface area contributed by atoms with E-state index >= 15 is 0 Å². The van der Waals surface area contributed by atoms with Gasteiger partial charge in [-0.05, 0) is 62.4 Å². The molecule has 2 aromatic carbocycles. The van der Waals surface area contributed by atoms with Crippen LogP contribution in [0, 0.1) is 0 Å². The Morgan fingerprint density at radius 2 is 1.40 bits per heavy atom. The topological polar surface area (TPSA) is 66.8 Å². The lowest BCUT2D eigenvalue weighted by Gasteiger charge is -2.15.